The number of pyridine rings is 2. The number of amides is 2. The molecule has 1 fully saturated rings. The van der Waals surface area contributed by atoms with Gasteiger partial charge in [-0.1, -0.05) is 17.7 Å². The second-order valence-corrected chi connectivity index (χ2v) is 12.3. The van der Waals surface area contributed by atoms with Crippen molar-refractivity contribution >= 4 is 46.2 Å². The first kappa shape index (κ1) is 30.2. The third kappa shape index (κ3) is 5.97. The summed E-state index contributed by atoms with van der Waals surface area (Å²) in [5, 5.41) is 13.0. The van der Waals surface area contributed by atoms with Crippen LogP contribution in [-0.4, -0.2) is 55.4 Å². The lowest BCUT2D eigenvalue weighted by Gasteiger charge is -2.31. The number of fused-ring (bicyclic) bond motifs is 1. The quantitative estimate of drug-likeness (QED) is 0.270. The van der Waals surface area contributed by atoms with Crippen molar-refractivity contribution in [3.8, 4) is 11.1 Å². The van der Waals surface area contributed by atoms with Crippen molar-refractivity contribution < 1.29 is 23.9 Å². The van der Waals surface area contributed by atoms with Crippen LogP contribution in [0.25, 0.3) is 22.2 Å². The number of anilines is 1. The predicted octanol–water partition coefficient (Wildman–Crippen LogP) is 6.45. The first-order chi connectivity index (χ1) is 20.2. The number of aryl methyl sites for hydroxylation is 2. The van der Waals surface area contributed by atoms with Gasteiger partial charge in [-0.05, 0) is 88.9 Å². The number of hydrogen-bond acceptors (Lipinski definition) is 5. The number of aromatic carboxylic acids is 1. The zero-order chi connectivity index (χ0) is 31.2. The Morgan fingerprint density at radius 3 is 2.35 bits per heavy atom. The zero-order valence-corrected chi connectivity index (χ0v) is 25.4. The van der Waals surface area contributed by atoms with Gasteiger partial charge in [-0.25, -0.2) is 19.2 Å². The summed E-state index contributed by atoms with van der Waals surface area (Å²) in [5.41, 5.74) is 2.98. The van der Waals surface area contributed by atoms with E-state index >= 15 is 0 Å². The van der Waals surface area contributed by atoms with Crippen molar-refractivity contribution in [2.75, 3.05) is 18.4 Å². The number of halogens is 2. The van der Waals surface area contributed by atoms with Gasteiger partial charge in [-0.3, -0.25) is 9.59 Å². The Labute approximate surface area is 253 Å². The molecule has 224 valence electrons. The lowest BCUT2D eigenvalue weighted by molar-refractivity contribution is -0.121. The van der Waals surface area contributed by atoms with Gasteiger partial charge in [0.1, 0.15) is 23.0 Å². The Morgan fingerprint density at radius 1 is 1.05 bits per heavy atom. The van der Waals surface area contributed by atoms with Gasteiger partial charge >= 0.3 is 5.97 Å². The minimum atomic E-state index is -1.06. The molecular formula is C32H33ClFN5O4. The number of carbonyl (C=O) groups is 3. The zero-order valence-electron chi connectivity index (χ0n) is 24.7. The number of carbonyl (C=O) groups excluding carboxylic acids is 2. The van der Waals surface area contributed by atoms with E-state index in [1.165, 1.54) is 12.1 Å². The number of benzene rings is 1. The summed E-state index contributed by atoms with van der Waals surface area (Å²) in [7, 11) is 0. The first-order valence-corrected chi connectivity index (χ1v) is 14.4. The number of hydrogen-bond donors (Lipinski definition) is 2. The van der Waals surface area contributed by atoms with Crippen molar-refractivity contribution in [1.82, 2.24) is 19.4 Å². The van der Waals surface area contributed by atoms with Gasteiger partial charge in [0.2, 0.25) is 5.91 Å². The van der Waals surface area contributed by atoms with Crippen LogP contribution in [0.4, 0.5) is 10.2 Å². The fourth-order valence-corrected chi connectivity index (χ4v) is 5.70. The molecule has 0 saturated carbocycles. The van der Waals surface area contributed by atoms with E-state index in [1.807, 2.05) is 37.6 Å². The maximum absolute atomic E-state index is 14.3. The molecule has 11 heteroatoms. The molecule has 4 heterocycles. The van der Waals surface area contributed by atoms with Crippen molar-refractivity contribution in [3.05, 3.63) is 75.9 Å². The monoisotopic (exact) mass is 605 g/mol. The van der Waals surface area contributed by atoms with Crippen LogP contribution in [0.3, 0.4) is 0 Å². The number of carboxylic acids is 1. The van der Waals surface area contributed by atoms with Gasteiger partial charge in [-0.15, -0.1) is 0 Å². The second kappa shape index (κ2) is 11.4. The molecule has 5 rings (SSSR count). The maximum atomic E-state index is 14.3. The highest BCUT2D eigenvalue weighted by Gasteiger charge is 2.30. The normalized spacial score (nSPS) is 14.3. The van der Waals surface area contributed by atoms with E-state index in [-0.39, 0.29) is 33.9 Å². The number of nitrogens with one attached hydrogen (secondary N) is 1. The topological polar surface area (TPSA) is 117 Å². The smallest absolute Gasteiger partial charge is 0.337 e. The van der Waals surface area contributed by atoms with Crippen molar-refractivity contribution in [3.63, 3.8) is 0 Å². The number of piperidine rings is 1. The summed E-state index contributed by atoms with van der Waals surface area (Å²) in [6.45, 7) is 10.1. The van der Waals surface area contributed by atoms with Crippen LogP contribution >= 0.6 is 11.6 Å². The molecule has 3 aromatic heterocycles. The lowest BCUT2D eigenvalue weighted by Crippen LogP contribution is -2.41. The van der Waals surface area contributed by atoms with Crippen molar-refractivity contribution in [2.24, 2.45) is 5.92 Å². The van der Waals surface area contributed by atoms with Crippen LogP contribution in [-0.2, 0) is 10.3 Å². The molecule has 9 nitrogen and oxygen atoms in total. The van der Waals surface area contributed by atoms with Crippen LogP contribution in [0.5, 0.6) is 0 Å². The highest BCUT2D eigenvalue weighted by molar-refractivity contribution is 6.30. The fourth-order valence-electron chi connectivity index (χ4n) is 5.58. The first-order valence-electron chi connectivity index (χ1n) is 14.0. The molecule has 0 bridgehead atoms. The van der Waals surface area contributed by atoms with Gasteiger partial charge in [0.05, 0.1) is 16.3 Å². The van der Waals surface area contributed by atoms with Crippen LogP contribution in [0.2, 0.25) is 5.02 Å². The van der Waals surface area contributed by atoms with E-state index in [2.05, 4.69) is 10.3 Å². The number of rotatable bonds is 5. The molecule has 0 radical (unpaired) electrons. The van der Waals surface area contributed by atoms with Gasteiger partial charge in [-0.2, -0.15) is 0 Å². The van der Waals surface area contributed by atoms with E-state index in [1.54, 1.807) is 36.9 Å². The van der Waals surface area contributed by atoms with E-state index < -0.39 is 11.8 Å². The van der Waals surface area contributed by atoms with E-state index in [4.69, 9.17) is 16.6 Å². The molecule has 0 spiro atoms. The number of carboxylic acid groups (broad SMARTS) is 1. The summed E-state index contributed by atoms with van der Waals surface area (Å²) in [6.07, 6.45) is 2.86. The van der Waals surface area contributed by atoms with Crippen LogP contribution in [0.1, 0.15) is 65.7 Å². The predicted molar refractivity (Wildman–Crippen MR) is 163 cm³/mol. The minimum absolute atomic E-state index is 0.0480. The number of likely N-dealkylation sites (tertiary alicyclic amines) is 1. The molecule has 43 heavy (non-hydrogen) atoms. The number of aromatic nitrogens is 3. The van der Waals surface area contributed by atoms with E-state index in [9.17, 15) is 23.9 Å². The molecule has 0 aliphatic carbocycles. The summed E-state index contributed by atoms with van der Waals surface area (Å²) in [6, 6.07) is 9.76. The SMILES string of the molecule is Cc1cc(NC(=O)C2CCN(C(=O)c3ccc4c(-c5ccc(Cl)c(F)c5)cn(C(C)(C)C)c4n3)CC2)nc(C)c1C(=O)O. The van der Waals surface area contributed by atoms with Crippen LogP contribution in [0, 0.1) is 25.6 Å². The van der Waals surface area contributed by atoms with E-state index in [0.29, 0.717) is 59.9 Å². The minimum Gasteiger partial charge on any atom is -0.478 e. The highest BCUT2D eigenvalue weighted by Crippen LogP contribution is 2.35. The van der Waals surface area contributed by atoms with Crippen molar-refractivity contribution in [2.45, 2.75) is 53.0 Å². The third-order valence-corrected chi connectivity index (χ3v) is 8.15. The van der Waals surface area contributed by atoms with Gasteiger partial charge in [0.15, 0.2) is 0 Å². The molecule has 1 aliphatic heterocycles. The molecule has 4 aromatic rings. The third-order valence-electron chi connectivity index (χ3n) is 7.84. The number of nitrogens with zero attached hydrogens (tertiary/aromatic N) is 4. The Bertz CT molecular complexity index is 1750. The van der Waals surface area contributed by atoms with Gasteiger partial charge in [0.25, 0.3) is 5.91 Å². The molecule has 1 aliphatic rings. The summed E-state index contributed by atoms with van der Waals surface area (Å²) < 4.78 is 16.3. The molecule has 0 unspecified atom stereocenters. The Morgan fingerprint density at radius 2 is 1.74 bits per heavy atom. The summed E-state index contributed by atoms with van der Waals surface area (Å²) in [4.78, 5) is 48.6. The maximum Gasteiger partial charge on any atom is 0.337 e. The summed E-state index contributed by atoms with van der Waals surface area (Å²) >= 11 is 5.90. The highest BCUT2D eigenvalue weighted by atomic mass is 35.5. The average molecular weight is 606 g/mol. The van der Waals surface area contributed by atoms with Gasteiger partial charge in [0, 0.05) is 41.7 Å². The molecular weight excluding hydrogens is 573 g/mol. The molecule has 2 amide bonds. The standard InChI is InChI=1S/C32H33ClFN5O4/c1-17-14-26(35-18(2)27(17)31(42)43)37-29(40)19-10-12-38(13-11-19)30(41)25-9-7-21-22(20-6-8-23(33)24(34)15-20)16-39(28(21)36-25)32(3,4)5/h6-9,14-16,19H,10-13H2,1-5H3,(H,42,43)(H,35,37,40). The summed E-state index contributed by atoms with van der Waals surface area (Å²) in [5.74, 6) is -2.01. The fraction of sp³-hybridized carbons (Fsp3) is 0.344. The van der Waals surface area contributed by atoms with Gasteiger partial charge < -0.3 is 19.9 Å². The average Bonchev–Trinajstić information content (AvgIpc) is 3.33. The lowest BCUT2D eigenvalue weighted by atomic mass is 9.95. The van der Waals surface area contributed by atoms with E-state index in [0.717, 1.165) is 10.9 Å². The Kier molecular flexibility index (Phi) is 8.00. The van der Waals surface area contributed by atoms with Crippen LogP contribution < -0.4 is 5.32 Å². The molecule has 0 atom stereocenters. The van der Waals surface area contributed by atoms with Crippen molar-refractivity contribution in [1.29, 1.82) is 0 Å². The molecule has 1 saturated heterocycles. The largest absolute Gasteiger partial charge is 0.478 e. The molecule has 2 N–H and O–H groups in total. The van der Waals surface area contributed by atoms with Crippen LogP contribution in [0.15, 0.2) is 42.6 Å². The second-order valence-electron chi connectivity index (χ2n) is 11.9. The molecule has 1 aromatic carbocycles. The Balaban J connectivity index is 1.32. The Hall–Kier alpha value is -4.31.